The van der Waals surface area contributed by atoms with E-state index in [2.05, 4.69) is 46.0 Å². The molecule has 0 atom stereocenters. The monoisotopic (exact) mass is 373 g/mol. The summed E-state index contributed by atoms with van der Waals surface area (Å²) in [5, 5.41) is 13.5. The van der Waals surface area contributed by atoms with Crippen LogP contribution in [0.3, 0.4) is 0 Å². The van der Waals surface area contributed by atoms with Crippen LogP contribution in [0.2, 0.25) is 0 Å². The Hall–Kier alpha value is -1.55. The Morgan fingerprint density at radius 3 is 2.19 bits per heavy atom. The van der Waals surface area contributed by atoms with E-state index >= 15 is 0 Å². The number of benzene rings is 1. The van der Waals surface area contributed by atoms with Gasteiger partial charge in [-0.25, -0.2) is 4.79 Å². The van der Waals surface area contributed by atoms with Crippen LogP contribution in [0.1, 0.15) is 101 Å². The van der Waals surface area contributed by atoms with Crippen LogP contribution < -0.4 is 10.1 Å². The normalized spacial score (nSPS) is 24.3. The molecule has 150 valence electrons. The van der Waals surface area contributed by atoms with Crippen LogP contribution >= 0.6 is 0 Å². The van der Waals surface area contributed by atoms with Crippen molar-refractivity contribution in [3.63, 3.8) is 0 Å². The number of carboxylic acids is 1. The van der Waals surface area contributed by atoms with Crippen molar-refractivity contribution in [1.29, 1.82) is 0 Å². The number of para-hydroxylation sites is 1. The third-order valence-electron chi connectivity index (χ3n) is 6.17. The van der Waals surface area contributed by atoms with Gasteiger partial charge in [-0.15, -0.1) is 0 Å². The summed E-state index contributed by atoms with van der Waals surface area (Å²) >= 11 is 0. The van der Waals surface area contributed by atoms with Crippen molar-refractivity contribution in [2.24, 2.45) is 0 Å². The van der Waals surface area contributed by atoms with Gasteiger partial charge in [0, 0.05) is 11.1 Å². The van der Waals surface area contributed by atoms with Crippen molar-refractivity contribution in [2.45, 2.75) is 102 Å². The minimum absolute atomic E-state index is 0.00233. The zero-order valence-corrected chi connectivity index (χ0v) is 17.5. The minimum atomic E-state index is -0.904. The highest BCUT2D eigenvalue weighted by atomic mass is 16.5. The molecule has 1 saturated carbocycles. The molecular weight excluding hydrogens is 338 g/mol. The molecule has 0 aromatic heterocycles. The summed E-state index contributed by atoms with van der Waals surface area (Å²) in [7, 11) is 0. The van der Waals surface area contributed by atoms with Crippen molar-refractivity contribution in [1.82, 2.24) is 5.32 Å². The van der Waals surface area contributed by atoms with E-state index in [0.29, 0.717) is 11.3 Å². The van der Waals surface area contributed by atoms with Gasteiger partial charge in [-0.2, -0.15) is 0 Å². The van der Waals surface area contributed by atoms with Crippen LogP contribution in [0, 0.1) is 0 Å². The van der Waals surface area contributed by atoms with Gasteiger partial charge < -0.3 is 15.2 Å². The first-order valence-electron chi connectivity index (χ1n) is 10.3. The Bertz CT molecular complexity index is 686. The molecule has 0 spiro atoms. The topological polar surface area (TPSA) is 58.6 Å². The van der Waals surface area contributed by atoms with Crippen LogP contribution in [0.4, 0.5) is 0 Å². The second-order valence-corrected chi connectivity index (χ2v) is 10.1. The molecule has 1 aliphatic carbocycles. The number of hydrogen-bond donors (Lipinski definition) is 2. The minimum Gasteiger partial charge on any atom is -0.486 e. The number of piperidine rings is 1. The van der Waals surface area contributed by atoms with Crippen molar-refractivity contribution in [3.8, 4) is 5.75 Å². The molecule has 4 nitrogen and oxygen atoms in total. The Kier molecular flexibility index (Phi) is 5.33. The van der Waals surface area contributed by atoms with Crippen LogP contribution in [0.15, 0.2) is 18.2 Å². The highest BCUT2D eigenvalue weighted by Crippen LogP contribution is 2.45. The molecule has 0 amide bonds. The molecule has 2 N–H and O–H groups in total. The van der Waals surface area contributed by atoms with E-state index in [-0.39, 0.29) is 22.6 Å². The van der Waals surface area contributed by atoms with Crippen LogP contribution in [-0.2, 0) is 0 Å². The van der Waals surface area contributed by atoms with Crippen LogP contribution in [-0.4, -0.2) is 27.8 Å². The number of aromatic carboxylic acids is 1. The third kappa shape index (κ3) is 4.66. The summed E-state index contributed by atoms with van der Waals surface area (Å²) in [6.45, 7) is 11.1. The van der Waals surface area contributed by atoms with Crippen LogP contribution in [0.5, 0.6) is 5.75 Å². The van der Waals surface area contributed by atoms with E-state index in [1.165, 1.54) is 6.42 Å². The molecular formula is C23H35NO3. The number of nitrogens with one attached hydrogen (secondary N) is 1. The molecule has 3 rings (SSSR count). The van der Waals surface area contributed by atoms with E-state index in [4.69, 9.17) is 4.74 Å². The molecule has 0 radical (unpaired) electrons. The lowest BCUT2D eigenvalue weighted by Crippen LogP contribution is -2.57. The van der Waals surface area contributed by atoms with Crippen molar-refractivity contribution in [3.05, 3.63) is 29.3 Å². The maximum atomic E-state index is 12.0. The van der Waals surface area contributed by atoms with Gasteiger partial charge in [-0.3, -0.25) is 0 Å². The van der Waals surface area contributed by atoms with Crippen LogP contribution in [0.25, 0.3) is 0 Å². The Morgan fingerprint density at radius 1 is 1.04 bits per heavy atom. The summed E-state index contributed by atoms with van der Waals surface area (Å²) in [6, 6.07) is 5.64. The third-order valence-corrected chi connectivity index (χ3v) is 6.17. The SMILES string of the molecule is CC1(C)CC(c2cccc(C(=O)O)c2OC2(C)CCCCC2)CC(C)(C)N1. The molecule has 2 fully saturated rings. The van der Waals surface area contributed by atoms with Crippen molar-refractivity contribution < 1.29 is 14.6 Å². The number of ether oxygens (including phenoxy) is 1. The fourth-order valence-corrected chi connectivity index (χ4v) is 5.35. The predicted octanol–water partition coefficient (Wildman–Crippen LogP) is 5.51. The van der Waals surface area contributed by atoms with Gasteiger partial charge in [-0.05, 0) is 90.7 Å². The summed E-state index contributed by atoms with van der Waals surface area (Å²) in [6.07, 6.45) is 7.44. The predicted molar refractivity (Wildman–Crippen MR) is 109 cm³/mol. The molecule has 27 heavy (non-hydrogen) atoms. The first-order valence-corrected chi connectivity index (χ1v) is 10.3. The molecule has 1 aromatic rings. The number of carbonyl (C=O) groups is 1. The van der Waals surface area contributed by atoms with Crippen molar-refractivity contribution >= 4 is 5.97 Å². The number of carboxylic acid groups (broad SMARTS) is 1. The Labute approximate surface area is 163 Å². The Balaban J connectivity index is 2.02. The highest BCUT2D eigenvalue weighted by Gasteiger charge is 2.40. The maximum Gasteiger partial charge on any atom is 0.339 e. The van der Waals surface area contributed by atoms with E-state index < -0.39 is 5.97 Å². The zero-order valence-electron chi connectivity index (χ0n) is 17.5. The first-order chi connectivity index (χ1) is 12.5. The van der Waals surface area contributed by atoms with E-state index in [0.717, 1.165) is 44.1 Å². The molecule has 0 bridgehead atoms. The van der Waals surface area contributed by atoms with E-state index in [9.17, 15) is 9.90 Å². The fraction of sp³-hybridized carbons (Fsp3) is 0.696. The highest BCUT2D eigenvalue weighted by molar-refractivity contribution is 5.91. The number of rotatable bonds is 4. The Morgan fingerprint density at radius 2 is 1.63 bits per heavy atom. The lowest BCUT2D eigenvalue weighted by molar-refractivity contribution is 0.0431. The van der Waals surface area contributed by atoms with Gasteiger partial charge in [0.2, 0.25) is 0 Å². The molecule has 0 unspecified atom stereocenters. The van der Waals surface area contributed by atoms with Gasteiger partial charge in [0.05, 0.1) is 0 Å². The lowest BCUT2D eigenvalue weighted by Gasteiger charge is -2.47. The lowest BCUT2D eigenvalue weighted by atomic mass is 9.72. The van der Waals surface area contributed by atoms with Gasteiger partial charge in [-0.1, -0.05) is 18.6 Å². The molecule has 1 aromatic carbocycles. The zero-order chi connectivity index (χ0) is 19.9. The molecule has 1 heterocycles. The molecule has 1 aliphatic heterocycles. The van der Waals surface area contributed by atoms with Gasteiger partial charge in [0.25, 0.3) is 0 Å². The van der Waals surface area contributed by atoms with Gasteiger partial charge in [0.15, 0.2) is 0 Å². The quantitative estimate of drug-likeness (QED) is 0.730. The molecule has 4 heteroatoms. The first kappa shape index (κ1) is 20.2. The summed E-state index contributed by atoms with van der Waals surface area (Å²) in [4.78, 5) is 12.0. The molecule has 1 saturated heterocycles. The summed E-state index contributed by atoms with van der Waals surface area (Å²) in [5.74, 6) is -0.0237. The second kappa shape index (κ2) is 7.12. The number of hydrogen-bond acceptors (Lipinski definition) is 3. The van der Waals surface area contributed by atoms with E-state index in [1.807, 2.05) is 6.07 Å². The maximum absolute atomic E-state index is 12.0. The standard InChI is InChI=1S/C23H35NO3/c1-21(2)14-16(15-22(3,4)24-21)17-10-9-11-18(20(25)26)19(17)27-23(5)12-7-6-8-13-23/h9-11,16,24H,6-8,12-15H2,1-5H3,(H,25,26). The fourth-order valence-electron chi connectivity index (χ4n) is 5.35. The smallest absolute Gasteiger partial charge is 0.339 e. The van der Waals surface area contributed by atoms with E-state index in [1.54, 1.807) is 6.07 Å². The average Bonchev–Trinajstić information content (AvgIpc) is 2.52. The summed E-state index contributed by atoms with van der Waals surface area (Å²) in [5.41, 5.74) is 1.09. The van der Waals surface area contributed by atoms with Crippen molar-refractivity contribution in [2.75, 3.05) is 0 Å². The average molecular weight is 374 g/mol. The summed E-state index contributed by atoms with van der Waals surface area (Å²) < 4.78 is 6.55. The second-order valence-electron chi connectivity index (χ2n) is 10.1. The van der Waals surface area contributed by atoms with Gasteiger partial charge in [0.1, 0.15) is 16.9 Å². The largest absolute Gasteiger partial charge is 0.486 e. The van der Waals surface area contributed by atoms with Gasteiger partial charge >= 0.3 is 5.97 Å². The molecule has 2 aliphatic rings.